The fourth-order valence-electron chi connectivity index (χ4n) is 3.28. The van der Waals surface area contributed by atoms with Crippen LogP contribution in [-0.2, 0) is 16.6 Å². The van der Waals surface area contributed by atoms with Crippen LogP contribution in [0, 0.1) is 5.82 Å². The molecule has 0 spiro atoms. The molecule has 0 aliphatic heterocycles. The molecule has 0 fully saturated rings. The van der Waals surface area contributed by atoms with Crippen molar-refractivity contribution in [2.45, 2.75) is 25.9 Å². The van der Waals surface area contributed by atoms with Gasteiger partial charge in [-0.2, -0.15) is 0 Å². The Balaban J connectivity index is 1.77. The van der Waals surface area contributed by atoms with Crippen LogP contribution < -0.4 is 9.62 Å². The maximum Gasteiger partial charge on any atom is 0.251 e. The van der Waals surface area contributed by atoms with Crippen LogP contribution in [0.2, 0.25) is 0 Å². The lowest BCUT2D eigenvalue weighted by molar-refractivity contribution is 0.0935. The Hall–Kier alpha value is -3.19. The van der Waals surface area contributed by atoms with Gasteiger partial charge in [-0.1, -0.05) is 49.4 Å². The number of nitrogens with one attached hydrogen (secondary N) is 1. The Kier molecular flexibility index (Phi) is 7.07. The third-order valence-electron chi connectivity index (χ3n) is 4.97. The van der Waals surface area contributed by atoms with Crippen molar-refractivity contribution in [2.75, 3.05) is 10.6 Å². The Labute approximate surface area is 182 Å². The molecule has 31 heavy (non-hydrogen) atoms. The van der Waals surface area contributed by atoms with E-state index in [1.54, 1.807) is 36.4 Å². The third kappa shape index (κ3) is 5.92. The van der Waals surface area contributed by atoms with Crippen molar-refractivity contribution in [1.82, 2.24) is 5.32 Å². The highest BCUT2D eigenvalue weighted by molar-refractivity contribution is 7.92. The highest BCUT2D eigenvalue weighted by Gasteiger charge is 2.19. The average Bonchev–Trinajstić information content (AvgIpc) is 2.77. The Morgan fingerprint density at radius 1 is 0.968 bits per heavy atom. The van der Waals surface area contributed by atoms with E-state index in [0.717, 1.165) is 18.2 Å². The normalized spacial score (nSPS) is 12.2. The van der Waals surface area contributed by atoms with Crippen LogP contribution in [0.4, 0.5) is 10.1 Å². The van der Waals surface area contributed by atoms with Crippen LogP contribution >= 0.6 is 0 Å². The lowest BCUT2D eigenvalue weighted by atomic mass is 10.0. The molecule has 1 N–H and O–H groups in total. The first-order valence-electron chi connectivity index (χ1n) is 9.96. The second-order valence-electron chi connectivity index (χ2n) is 7.29. The van der Waals surface area contributed by atoms with Gasteiger partial charge < -0.3 is 5.32 Å². The van der Waals surface area contributed by atoms with Gasteiger partial charge in [0.25, 0.3) is 5.91 Å². The van der Waals surface area contributed by atoms with E-state index in [0.29, 0.717) is 16.8 Å². The predicted octanol–water partition coefficient (Wildman–Crippen LogP) is 4.67. The summed E-state index contributed by atoms with van der Waals surface area (Å²) in [7, 11) is -3.58. The molecule has 0 saturated carbocycles. The first-order chi connectivity index (χ1) is 14.8. The molecule has 0 bridgehead atoms. The highest BCUT2D eigenvalue weighted by Crippen LogP contribution is 2.22. The Morgan fingerprint density at radius 2 is 1.58 bits per heavy atom. The number of hydrogen-bond acceptors (Lipinski definition) is 3. The van der Waals surface area contributed by atoms with Crippen LogP contribution in [0.25, 0.3) is 0 Å². The van der Waals surface area contributed by atoms with Crippen molar-refractivity contribution in [3.05, 3.63) is 101 Å². The molecular weight excluding hydrogens is 415 g/mol. The zero-order chi connectivity index (χ0) is 22.4. The maximum absolute atomic E-state index is 13.2. The summed E-state index contributed by atoms with van der Waals surface area (Å²) in [5, 5.41) is 3.02. The highest BCUT2D eigenvalue weighted by atomic mass is 32.2. The number of carbonyl (C=O) groups is 1. The largest absolute Gasteiger partial charge is 0.345 e. The molecule has 0 aliphatic rings. The molecule has 0 aliphatic carbocycles. The van der Waals surface area contributed by atoms with E-state index in [2.05, 4.69) is 5.32 Å². The molecule has 162 valence electrons. The fraction of sp³-hybridized carbons (Fsp3) is 0.208. The number of sulfonamides is 1. The summed E-state index contributed by atoms with van der Waals surface area (Å²) in [5.74, 6) is -0.613. The summed E-state index contributed by atoms with van der Waals surface area (Å²) >= 11 is 0. The number of halogens is 1. The Morgan fingerprint density at radius 3 is 2.13 bits per heavy atom. The summed E-state index contributed by atoms with van der Waals surface area (Å²) in [6.07, 6.45) is 1.86. The molecule has 3 rings (SSSR count). The summed E-state index contributed by atoms with van der Waals surface area (Å²) in [4.78, 5) is 12.7. The number of benzene rings is 3. The number of anilines is 1. The first-order valence-corrected chi connectivity index (χ1v) is 11.8. The molecule has 1 amide bonds. The van der Waals surface area contributed by atoms with Crippen LogP contribution in [0.15, 0.2) is 78.9 Å². The molecule has 0 aromatic heterocycles. The Bertz CT molecular complexity index is 1120. The molecule has 0 heterocycles. The van der Waals surface area contributed by atoms with Crippen molar-refractivity contribution in [1.29, 1.82) is 0 Å². The van der Waals surface area contributed by atoms with Gasteiger partial charge >= 0.3 is 0 Å². The topological polar surface area (TPSA) is 66.5 Å². The van der Waals surface area contributed by atoms with Gasteiger partial charge in [0.15, 0.2) is 0 Å². The zero-order valence-electron chi connectivity index (χ0n) is 17.5. The van der Waals surface area contributed by atoms with Crippen LogP contribution in [-0.4, -0.2) is 20.6 Å². The third-order valence-corrected chi connectivity index (χ3v) is 6.11. The van der Waals surface area contributed by atoms with Gasteiger partial charge in [-0.3, -0.25) is 9.10 Å². The monoisotopic (exact) mass is 440 g/mol. The van der Waals surface area contributed by atoms with Gasteiger partial charge in [0.2, 0.25) is 10.0 Å². The van der Waals surface area contributed by atoms with Crippen molar-refractivity contribution in [3.8, 4) is 0 Å². The van der Waals surface area contributed by atoms with Gasteiger partial charge in [0, 0.05) is 5.56 Å². The van der Waals surface area contributed by atoms with E-state index in [1.807, 2.05) is 37.3 Å². The van der Waals surface area contributed by atoms with E-state index in [4.69, 9.17) is 0 Å². The number of rotatable bonds is 8. The summed E-state index contributed by atoms with van der Waals surface area (Å²) in [5.41, 5.74) is 2.55. The molecule has 3 aromatic rings. The van der Waals surface area contributed by atoms with E-state index in [9.17, 15) is 17.6 Å². The molecule has 1 unspecified atom stereocenters. The lowest BCUT2D eigenvalue weighted by Gasteiger charge is -2.23. The minimum absolute atomic E-state index is 0.0660. The van der Waals surface area contributed by atoms with Gasteiger partial charge in [0.05, 0.1) is 24.5 Å². The molecule has 7 heteroatoms. The quantitative estimate of drug-likeness (QED) is 0.553. The average molecular weight is 441 g/mol. The van der Waals surface area contributed by atoms with Crippen molar-refractivity contribution in [3.63, 3.8) is 0 Å². The molecular formula is C24H25FN2O3S. The molecule has 5 nitrogen and oxygen atoms in total. The summed E-state index contributed by atoms with van der Waals surface area (Å²) in [6, 6.07) is 21.7. The van der Waals surface area contributed by atoms with E-state index < -0.39 is 10.0 Å². The summed E-state index contributed by atoms with van der Waals surface area (Å²) < 4.78 is 39.1. The number of hydrogen-bond donors (Lipinski definition) is 1. The van der Waals surface area contributed by atoms with Crippen LogP contribution in [0.5, 0.6) is 0 Å². The second kappa shape index (κ2) is 9.75. The maximum atomic E-state index is 13.2. The smallest absolute Gasteiger partial charge is 0.251 e. The number of amides is 1. The number of nitrogens with zero attached hydrogens (tertiary/aromatic N) is 1. The fourth-order valence-corrected chi connectivity index (χ4v) is 4.17. The molecule has 3 aromatic carbocycles. The minimum atomic E-state index is -3.58. The summed E-state index contributed by atoms with van der Waals surface area (Å²) in [6.45, 7) is 2.07. The van der Waals surface area contributed by atoms with E-state index in [-0.39, 0.29) is 24.3 Å². The van der Waals surface area contributed by atoms with Gasteiger partial charge in [-0.25, -0.2) is 12.8 Å². The van der Waals surface area contributed by atoms with Crippen molar-refractivity contribution >= 4 is 21.6 Å². The van der Waals surface area contributed by atoms with Crippen molar-refractivity contribution in [2.24, 2.45) is 0 Å². The van der Waals surface area contributed by atoms with Crippen LogP contribution in [0.3, 0.4) is 0 Å². The minimum Gasteiger partial charge on any atom is -0.345 e. The lowest BCUT2D eigenvalue weighted by Crippen LogP contribution is -2.30. The first kappa shape index (κ1) is 22.5. The standard InChI is InChI=1S/C24H25FN2O3S/c1-3-23(19-7-5-4-6-8-19)26-24(28)20-11-15-22(16-12-20)27(31(2,29)30)17-18-9-13-21(25)14-10-18/h4-16,23H,3,17H2,1-2H3,(H,26,28). The molecule has 1 atom stereocenters. The van der Waals surface area contributed by atoms with E-state index in [1.165, 1.54) is 16.4 Å². The van der Waals surface area contributed by atoms with E-state index >= 15 is 0 Å². The predicted molar refractivity (Wildman–Crippen MR) is 121 cm³/mol. The van der Waals surface area contributed by atoms with Gasteiger partial charge in [-0.05, 0) is 53.9 Å². The second-order valence-corrected chi connectivity index (χ2v) is 9.19. The molecule has 0 saturated heterocycles. The SMILES string of the molecule is CCC(NC(=O)c1ccc(N(Cc2ccc(F)cc2)S(C)(=O)=O)cc1)c1ccccc1. The zero-order valence-corrected chi connectivity index (χ0v) is 18.3. The van der Waals surface area contributed by atoms with Gasteiger partial charge in [0.1, 0.15) is 5.82 Å². The van der Waals surface area contributed by atoms with Gasteiger partial charge in [-0.15, -0.1) is 0 Å². The van der Waals surface area contributed by atoms with Crippen LogP contribution in [0.1, 0.15) is 40.9 Å². The number of carbonyl (C=O) groups excluding carboxylic acids is 1. The molecule has 0 radical (unpaired) electrons. The van der Waals surface area contributed by atoms with Crippen molar-refractivity contribution < 1.29 is 17.6 Å².